The van der Waals surface area contributed by atoms with Gasteiger partial charge in [-0.15, -0.1) is 11.3 Å². The van der Waals surface area contributed by atoms with Crippen molar-refractivity contribution in [2.45, 2.75) is 0 Å². The van der Waals surface area contributed by atoms with Gasteiger partial charge in [-0.3, -0.25) is 4.57 Å². The third kappa shape index (κ3) is 6.05. The topological polar surface area (TPSA) is 65.8 Å². The lowest BCUT2D eigenvalue weighted by Gasteiger charge is -2.13. The van der Waals surface area contributed by atoms with Gasteiger partial charge < -0.3 is 5.09 Å². The summed E-state index contributed by atoms with van der Waals surface area (Å²) in [7, 11) is -3.41. The minimum atomic E-state index is -3.41. The van der Waals surface area contributed by atoms with E-state index >= 15 is 0 Å². The van der Waals surface area contributed by atoms with Crippen molar-refractivity contribution >= 4 is 57.0 Å². The molecule has 4 aromatic rings. The van der Waals surface area contributed by atoms with Crippen LogP contribution in [0.5, 0.6) is 0 Å². The van der Waals surface area contributed by atoms with Gasteiger partial charge in [-0.2, -0.15) is 5.26 Å². The molecule has 0 aliphatic carbocycles. The van der Waals surface area contributed by atoms with E-state index in [4.69, 9.17) is 28.5 Å². The van der Waals surface area contributed by atoms with E-state index < -0.39 is 7.29 Å². The normalized spacial score (nSPS) is 12.3. The second-order valence-corrected chi connectivity index (χ2v) is 11.1. The molecular formula is C26H18Cl2N3OPS. The molecule has 3 aromatic carbocycles. The average molecular weight is 522 g/mol. The minimum absolute atomic E-state index is 0.342. The molecule has 0 aliphatic heterocycles. The van der Waals surface area contributed by atoms with Crippen LogP contribution in [0.15, 0.2) is 102 Å². The monoisotopic (exact) mass is 521 g/mol. The van der Waals surface area contributed by atoms with E-state index in [-0.39, 0.29) is 0 Å². The maximum absolute atomic E-state index is 14.1. The van der Waals surface area contributed by atoms with E-state index in [2.05, 4.69) is 16.1 Å². The van der Waals surface area contributed by atoms with Gasteiger partial charge >= 0.3 is 0 Å². The Morgan fingerprint density at radius 2 is 1.41 bits per heavy atom. The first-order valence-electron chi connectivity index (χ1n) is 10.2. The van der Waals surface area contributed by atoms with E-state index in [9.17, 15) is 4.57 Å². The Kier molecular flexibility index (Phi) is 7.67. The van der Waals surface area contributed by atoms with Crippen molar-refractivity contribution in [1.82, 2.24) is 4.98 Å². The smallest absolute Gasteiger partial charge is 0.217 e. The van der Waals surface area contributed by atoms with Crippen molar-refractivity contribution in [2.24, 2.45) is 0 Å². The van der Waals surface area contributed by atoms with Gasteiger partial charge in [-0.25, -0.2) is 4.98 Å². The number of thiazole rings is 1. The fourth-order valence-electron chi connectivity index (χ4n) is 3.11. The van der Waals surface area contributed by atoms with Crippen molar-refractivity contribution in [3.05, 3.63) is 119 Å². The fraction of sp³-hybridized carbons (Fsp3) is 0. The van der Waals surface area contributed by atoms with Crippen LogP contribution < -0.4 is 5.09 Å². The highest BCUT2D eigenvalue weighted by molar-refractivity contribution is 7.72. The Morgan fingerprint density at radius 3 is 1.91 bits per heavy atom. The lowest BCUT2D eigenvalue weighted by molar-refractivity contribution is 0.589. The van der Waals surface area contributed by atoms with Gasteiger partial charge in [0.25, 0.3) is 0 Å². The molecule has 1 aromatic heterocycles. The fourth-order valence-corrected chi connectivity index (χ4v) is 6.95. The Labute approximate surface area is 212 Å². The number of nitrogens with one attached hydrogen (secondary N) is 1. The van der Waals surface area contributed by atoms with Gasteiger partial charge in [0.2, 0.25) is 7.29 Å². The third-order valence-corrected chi connectivity index (χ3v) is 8.51. The minimum Gasteiger partial charge on any atom is -0.306 e. The zero-order valence-corrected chi connectivity index (χ0v) is 21.0. The van der Waals surface area contributed by atoms with E-state index in [1.807, 2.05) is 78.2 Å². The van der Waals surface area contributed by atoms with Crippen LogP contribution in [-0.2, 0) is 4.57 Å². The predicted molar refractivity (Wildman–Crippen MR) is 144 cm³/mol. The molecule has 0 saturated heterocycles. The number of hydrogen-bond acceptors (Lipinski definition) is 4. The summed E-state index contributed by atoms with van der Waals surface area (Å²) < 4.78 is 14.1. The van der Waals surface area contributed by atoms with Gasteiger partial charge in [-0.05, 0) is 23.3 Å². The van der Waals surface area contributed by atoms with Crippen LogP contribution >= 0.6 is 41.8 Å². The Hall–Kier alpha value is -3.13. The SMILES string of the molecule is N#Cc1ccc(-c2csc(NP(=O)(/C=C(\Cl)c3ccccc3)/C=C(\Cl)c3ccccc3)n2)cc1. The van der Waals surface area contributed by atoms with E-state index in [1.165, 1.54) is 23.0 Å². The molecule has 0 amide bonds. The van der Waals surface area contributed by atoms with Gasteiger partial charge in [0.05, 0.1) is 27.4 Å². The third-order valence-electron chi connectivity index (χ3n) is 4.79. The molecule has 0 unspecified atom stereocenters. The number of benzene rings is 3. The molecule has 0 spiro atoms. The molecule has 0 aliphatic rings. The van der Waals surface area contributed by atoms with Crippen molar-refractivity contribution < 1.29 is 4.57 Å². The maximum Gasteiger partial charge on any atom is 0.217 e. The summed E-state index contributed by atoms with van der Waals surface area (Å²) >= 11 is 14.4. The molecule has 4 nitrogen and oxygen atoms in total. The molecular weight excluding hydrogens is 504 g/mol. The van der Waals surface area contributed by atoms with Crippen molar-refractivity contribution in [1.29, 1.82) is 5.26 Å². The highest BCUT2D eigenvalue weighted by atomic mass is 35.5. The Morgan fingerprint density at radius 1 is 0.882 bits per heavy atom. The summed E-state index contributed by atoms with van der Waals surface area (Å²) in [6.45, 7) is 0. The van der Waals surface area contributed by atoms with E-state index in [1.54, 1.807) is 12.1 Å². The molecule has 0 fully saturated rings. The number of nitriles is 1. The molecule has 0 radical (unpaired) electrons. The molecule has 168 valence electrons. The summed E-state index contributed by atoms with van der Waals surface area (Å²) in [5.74, 6) is 3.00. The summed E-state index contributed by atoms with van der Waals surface area (Å²) in [5.41, 5.74) is 3.62. The molecule has 0 saturated carbocycles. The Balaban J connectivity index is 1.69. The second-order valence-electron chi connectivity index (χ2n) is 7.23. The number of rotatable bonds is 7. The first kappa shape index (κ1) is 24.0. The summed E-state index contributed by atoms with van der Waals surface area (Å²) in [6, 6.07) is 27.8. The summed E-state index contributed by atoms with van der Waals surface area (Å²) in [4.78, 5) is 4.59. The van der Waals surface area contributed by atoms with Crippen LogP contribution in [0.3, 0.4) is 0 Å². The van der Waals surface area contributed by atoms with Crippen molar-refractivity contribution in [2.75, 3.05) is 5.09 Å². The zero-order valence-electron chi connectivity index (χ0n) is 17.7. The van der Waals surface area contributed by atoms with E-state index in [0.717, 1.165) is 16.7 Å². The van der Waals surface area contributed by atoms with E-state index in [0.29, 0.717) is 26.5 Å². The zero-order chi connectivity index (χ0) is 24.0. The van der Waals surface area contributed by atoms with Gasteiger partial charge in [-0.1, -0.05) is 96.0 Å². The summed E-state index contributed by atoms with van der Waals surface area (Å²) in [6.07, 6.45) is 0. The number of nitrogens with zero attached hydrogens (tertiary/aromatic N) is 2. The van der Waals surface area contributed by atoms with Gasteiger partial charge in [0.15, 0.2) is 5.13 Å². The lowest BCUT2D eigenvalue weighted by Crippen LogP contribution is -1.94. The standard InChI is InChI=1S/C26H18Cl2N3OPS/c27-23(20-7-3-1-4-8-20)16-33(32,17-24(28)21-9-5-2-6-10-21)31-26-30-25(18-34-26)22-13-11-19(15-29)12-14-22/h1-14,16-18H,(H,30,31,32)/b23-16-,24-17-. The quantitative estimate of drug-likeness (QED) is 0.246. The molecule has 4 rings (SSSR count). The van der Waals surface area contributed by atoms with Crippen LogP contribution in [0.2, 0.25) is 0 Å². The molecule has 8 heteroatoms. The second kappa shape index (κ2) is 10.9. The largest absolute Gasteiger partial charge is 0.306 e. The molecule has 1 N–H and O–H groups in total. The molecule has 34 heavy (non-hydrogen) atoms. The maximum atomic E-state index is 14.1. The highest BCUT2D eigenvalue weighted by Crippen LogP contribution is 2.54. The number of hydrogen-bond donors (Lipinski definition) is 1. The first-order chi connectivity index (χ1) is 16.5. The lowest BCUT2D eigenvalue weighted by atomic mass is 10.1. The Bertz CT molecular complexity index is 1370. The molecule has 0 bridgehead atoms. The van der Waals surface area contributed by atoms with Crippen LogP contribution in [0.4, 0.5) is 5.13 Å². The van der Waals surface area contributed by atoms with Crippen LogP contribution in [-0.4, -0.2) is 4.98 Å². The van der Waals surface area contributed by atoms with Crippen LogP contribution in [0, 0.1) is 11.3 Å². The van der Waals surface area contributed by atoms with Crippen LogP contribution in [0.1, 0.15) is 16.7 Å². The van der Waals surface area contributed by atoms with Gasteiger partial charge in [0.1, 0.15) is 0 Å². The van der Waals surface area contributed by atoms with Crippen molar-refractivity contribution in [3.63, 3.8) is 0 Å². The predicted octanol–water partition coefficient (Wildman–Crippen LogP) is 8.85. The average Bonchev–Trinajstić information content (AvgIpc) is 3.33. The number of aromatic nitrogens is 1. The van der Waals surface area contributed by atoms with Crippen molar-refractivity contribution in [3.8, 4) is 17.3 Å². The number of halogens is 2. The summed E-state index contributed by atoms with van der Waals surface area (Å²) in [5, 5.41) is 15.1. The molecule has 0 atom stereocenters. The molecule has 1 heterocycles. The number of anilines is 1. The van der Waals surface area contributed by atoms with Gasteiger partial charge in [0, 0.05) is 22.6 Å². The highest BCUT2D eigenvalue weighted by Gasteiger charge is 2.21. The van der Waals surface area contributed by atoms with Crippen LogP contribution in [0.25, 0.3) is 21.3 Å². The first-order valence-corrected chi connectivity index (χ1v) is 13.7.